The minimum absolute atomic E-state index is 0.192. The fourth-order valence-corrected chi connectivity index (χ4v) is 1.82. The molecule has 0 spiro atoms. The van der Waals surface area contributed by atoms with Crippen LogP contribution in [0.15, 0.2) is 24.3 Å². The maximum absolute atomic E-state index is 8.63. The van der Waals surface area contributed by atoms with Crippen LogP contribution in [0.2, 0.25) is 0 Å². The second-order valence-corrected chi connectivity index (χ2v) is 4.52. The lowest BCUT2D eigenvalue weighted by molar-refractivity contribution is 0.280. The van der Waals surface area contributed by atoms with E-state index in [1.54, 1.807) is 0 Å². The molecular formula is C15H25NO2. The van der Waals surface area contributed by atoms with E-state index in [-0.39, 0.29) is 6.61 Å². The first-order chi connectivity index (χ1) is 8.79. The molecule has 0 unspecified atom stereocenters. The van der Waals surface area contributed by atoms with Crippen LogP contribution in [0, 0.1) is 0 Å². The summed E-state index contributed by atoms with van der Waals surface area (Å²) in [5, 5.41) is 11.8. The largest absolute Gasteiger partial charge is 0.493 e. The standard InChI is InChI=1S/C15H25NO2/c1-3-13(2)14-7-4-5-8-15(14)18-12-6-9-16-10-11-17/h4-5,7-8,13,16-17H,3,6,9-12H2,1-2H3/t13-/m0/s1. The van der Waals surface area contributed by atoms with Gasteiger partial charge in [0.2, 0.25) is 0 Å². The number of hydrogen-bond acceptors (Lipinski definition) is 3. The van der Waals surface area contributed by atoms with Crippen molar-refractivity contribution < 1.29 is 9.84 Å². The molecule has 1 aromatic carbocycles. The zero-order chi connectivity index (χ0) is 13.2. The van der Waals surface area contributed by atoms with Gasteiger partial charge < -0.3 is 15.2 Å². The molecule has 1 aromatic rings. The molecule has 0 fully saturated rings. The molecule has 2 N–H and O–H groups in total. The molecular weight excluding hydrogens is 226 g/mol. The van der Waals surface area contributed by atoms with Gasteiger partial charge in [0.15, 0.2) is 0 Å². The first-order valence-electron chi connectivity index (χ1n) is 6.82. The smallest absolute Gasteiger partial charge is 0.122 e. The van der Waals surface area contributed by atoms with Crippen LogP contribution in [0.1, 0.15) is 38.2 Å². The molecule has 3 nitrogen and oxygen atoms in total. The number of para-hydroxylation sites is 1. The maximum atomic E-state index is 8.63. The summed E-state index contributed by atoms with van der Waals surface area (Å²) in [6.45, 7) is 6.87. The van der Waals surface area contributed by atoms with Crippen molar-refractivity contribution in [3.05, 3.63) is 29.8 Å². The Balaban J connectivity index is 2.37. The SMILES string of the molecule is CC[C@H](C)c1ccccc1OCCCNCCO. The second-order valence-electron chi connectivity index (χ2n) is 4.52. The van der Waals surface area contributed by atoms with E-state index in [2.05, 4.69) is 31.3 Å². The lowest BCUT2D eigenvalue weighted by Gasteiger charge is -2.15. The Morgan fingerprint density at radius 2 is 2.06 bits per heavy atom. The Bertz CT molecular complexity index is 328. The molecule has 0 aromatic heterocycles. The van der Waals surface area contributed by atoms with Crippen LogP contribution < -0.4 is 10.1 Å². The highest BCUT2D eigenvalue weighted by atomic mass is 16.5. The molecule has 1 atom stereocenters. The van der Waals surface area contributed by atoms with Crippen molar-refractivity contribution in [2.24, 2.45) is 0 Å². The Morgan fingerprint density at radius 3 is 2.78 bits per heavy atom. The molecule has 0 saturated heterocycles. The van der Waals surface area contributed by atoms with Crippen molar-refractivity contribution in [3.8, 4) is 5.75 Å². The number of ether oxygens (including phenoxy) is 1. The van der Waals surface area contributed by atoms with Crippen molar-refractivity contribution in [1.29, 1.82) is 0 Å². The van der Waals surface area contributed by atoms with Crippen molar-refractivity contribution in [1.82, 2.24) is 5.32 Å². The van der Waals surface area contributed by atoms with Gasteiger partial charge in [-0.2, -0.15) is 0 Å². The summed E-state index contributed by atoms with van der Waals surface area (Å²) >= 11 is 0. The topological polar surface area (TPSA) is 41.5 Å². The van der Waals surface area contributed by atoms with Crippen LogP contribution in [0.5, 0.6) is 5.75 Å². The van der Waals surface area contributed by atoms with Crippen LogP contribution in [-0.4, -0.2) is 31.4 Å². The van der Waals surface area contributed by atoms with Crippen molar-refractivity contribution in [2.45, 2.75) is 32.6 Å². The van der Waals surface area contributed by atoms with E-state index in [4.69, 9.17) is 9.84 Å². The Morgan fingerprint density at radius 1 is 1.28 bits per heavy atom. The summed E-state index contributed by atoms with van der Waals surface area (Å²) in [5.41, 5.74) is 1.29. The third-order valence-corrected chi connectivity index (χ3v) is 3.11. The van der Waals surface area contributed by atoms with Gasteiger partial charge in [-0.15, -0.1) is 0 Å². The molecule has 0 saturated carbocycles. The Hall–Kier alpha value is -1.06. The zero-order valence-electron chi connectivity index (χ0n) is 11.5. The van der Waals surface area contributed by atoms with Gasteiger partial charge in [-0.3, -0.25) is 0 Å². The highest BCUT2D eigenvalue weighted by Gasteiger charge is 2.08. The van der Waals surface area contributed by atoms with Gasteiger partial charge in [0.05, 0.1) is 13.2 Å². The molecule has 0 bridgehead atoms. The number of aliphatic hydroxyl groups excluding tert-OH is 1. The minimum atomic E-state index is 0.192. The van der Waals surface area contributed by atoms with Gasteiger partial charge in [0.1, 0.15) is 5.75 Å². The van der Waals surface area contributed by atoms with Gasteiger partial charge in [-0.05, 0) is 36.9 Å². The van der Waals surface area contributed by atoms with Gasteiger partial charge in [-0.1, -0.05) is 32.0 Å². The third-order valence-electron chi connectivity index (χ3n) is 3.11. The molecule has 0 amide bonds. The summed E-state index contributed by atoms with van der Waals surface area (Å²) in [5.74, 6) is 1.54. The summed E-state index contributed by atoms with van der Waals surface area (Å²) in [6, 6.07) is 8.28. The molecule has 0 radical (unpaired) electrons. The number of benzene rings is 1. The number of hydrogen-bond donors (Lipinski definition) is 2. The van der Waals surface area contributed by atoms with Crippen molar-refractivity contribution >= 4 is 0 Å². The number of rotatable bonds is 9. The van der Waals surface area contributed by atoms with Crippen LogP contribution in [0.25, 0.3) is 0 Å². The Labute approximate surface area is 110 Å². The van der Waals surface area contributed by atoms with E-state index < -0.39 is 0 Å². The molecule has 0 aliphatic rings. The summed E-state index contributed by atoms with van der Waals surface area (Å²) < 4.78 is 5.84. The zero-order valence-corrected chi connectivity index (χ0v) is 11.5. The van der Waals surface area contributed by atoms with E-state index in [1.807, 2.05) is 12.1 Å². The van der Waals surface area contributed by atoms with E-state index >= 15 is 0 Å². The highest BCUT2D eigenvalue weighted by Crippen LogP contribution is 2.28. The monoisotopic (exact) mass is 251 g/mol. The van der Waals surface area contributed by atoms with Crippen LogP contribution in [0.3, 0.4) is 0 Å². The summed E-state index contributed by atoms with van der Waals surface area (Å²) in [4.78, 5) is 0. The second kappa shape index (κ2) is 8.95. The normalized spacial score (nSPS) is 12.4. The fraction of sp³-hybridized carbons (Fsp3) is 0.600. The predicted molar refractivity (Wildman–Crippen MR) is 75.2 cm³/mol. The molecule has 0 heterocycles. The quantitative estimate of drug-likeness (QED) is 0.663. The molecule has 102 valence electrons. The van der Waals surface area contributed by atoms with Crippen LogP contribution in [0.4, 0.5) is 0 Å². The molecule has 1 rings (SSSR count). The minimum Gasteiger partial charge on any atom is -0.493 e. The van der Waals surface area contributed by atoms with E-state index in [1.165, 1.54) is 5.56 Å². The lowest BCUT2D eigenvalue weighted by atomic mass is 9.98. The van der Waals surface area contributed by atoms with Crippen LogP contribution >= 0.6 is 0 Å². The summed E-state index contributed by atoms with van der Waals surface area (Å²) in [7, 11) is 0. The first kappa shape index (κ1) is 15.0. The number of aliphatic hydroxyl groups is 1. The fourth-order valence-electron chi connectivity index (χ4n) is 1.82. The lowest BCUT2D eigenvalue weighted by Crippen LogP contribution is -2.21. The van der Waals surface area contributed by atoms with E-state index in [0.29, 0.717) is 19.1 Å². The predicted octanol–water partition coefficient (Wildman–Crippen LogP) is 2.55. The van der Waals surface area contributed by atoms with E-state index in [9.17, 15) is 0 Å². The molecule has 0 aliphatic heterocycles. The molecule has 0 aliphatic carbocycles. The van der Waals surface area contributed by atoms with Crippen molar-refractivity contribution in [3.63, 3.8) is 0 Å². The molecule has 3 heteroatoms. The maximum Gasteiger partial charge on any atom is 0.122 e. The van der Waals surface area contributed by atoms with Gasteiger partial charge >= 0.3 is 0 Å². The average Bonchev–Trinajstić information content (AvgIpc) is 2.42. The summed E-state index contributed by atoms with van der Waals surface area (Å²) in [6.07, 6.45) is 2.08. The van der Waals surface area contributed by atoms with Gasteiger partial charge in [-0.25, -0.2) is 0 Å². The highest BCUT2D eigenvalue weighted by molar-refractivity contribution is 5.35. The number of nitrogens with one attached hydrogen (secondary N) is 1. The molecule has 18 heavy (non-hydrogen) atoms. The Kier molecular flexibility index (Phi) is 7.46. The third kappa shape index (κ3) is 5.07. The van der Waals surface area contributed by atoms with Crippen molar-refractivity contribution in [2.75, 3.05) is 26.3 Å². The first-order valence-corrected chi connectivity index (χ1v) is 6.82. The van der Waals surface area contributed by atoms with Crippen LogP contribution in [-0.2, 0) is 0 Å². The average molecular weight is 251 g/mol. The van der Waals surface area contributed by atoms with Gasteiger partial charge in [0, 0.05) is 6.54 Å². The van der Waals surface area contributed by atoms with E-state index in [0.717, 1.165) is 25.1 Å². The van der Waals surface area contributed by atoms with Gasteiger partial charge in [0.25, 0.3) is 0 Å².